The Morgan fingerprint density at radius 1 is 1.38 bits per heavy atom. The fraction of sp³-hybridized carbons (Fsp3) is 0.400. The molecular formula is C20H24ClN3O2. The van der Waals surface area contributed by atoms with Gasteiger partial charge in [-0.15, -0.1) is 0 Å². The van der Waals surface area contributed by atoms with Crippen LogP contribution in [-0.4, -0.2) is 30.1 Å². The van der Waals surface area contributed by atoms with Crippen LogP contribution >= 0.6 is 11.6 Å². The van der Waals surface area contributed by atoms with Crippen LogP contribution in [0.2, 0.25) is 5.02 Å². The third-order valence-corrected chi connectivity index (χ3v) is 4.65. The van der Waals surface area contributed by atoms with E-state index in [1.807, 2.05) is 30.3 Å². The number of nitrogens with one attached hydrogen (secondary N) is 2. The molecule has 1 aromatic carbocycles. The van der Waals surface area contributed by atoms with E-state index in [0.717, 1.165) is 30.7 Å². The lowest BCUT2D eigenvalue weighted by Crippen LogP contribution is -2.32. The Labute approximate surface area is 159 Å². The Morgan fingerprint density at radius 2 is 2.23 bits per heavy atom. The highest BCUT2D eigenvalue weighted by molar-refractivity contribution is 6.30. The van der Waals surface area contributed by atoms with Gasteiger partial charge in [0, 0.05) is 30.1 Å². The summed E-state index contributed by atoms with van der Waals surface area (Å²) in [5.74, 6) is 0.777. The first kappa shape index (κ1) is 18.7. The summed E-state index contributed by atoms with van der Waals surface area (Å²) in [6, 6.07) is 9.38. The molecular weight excluding hydrogens is 350 g/mol. The Kier molecular flexibility index (Phi) is 6.12. The lowest BCUT2D eigenvalue weighted by molar-refractivity contribution is 0.0856. The molecule has 1 aliphatic rings. The number of hydrogen-bond acceptors (Lipinski definition) is 4. The molecule has 1 unspecified atom stereocenters. The highest BCUT2D eigenvalue weighted by atomic mass is 35.5. The zero-order chi connectivity index (χ0) is 18.5. The van der Waals surface area contributed by atoms with Crippen LogP contribution in [0.25, 0.3) is 0 Å². The SMILES string of the molecule is CC(C)c1cc(Nc2cccc(Cl)c2)ncc1C(=O)NCC1CCCO1. The Morgan fingerprint density at radius 3 is 2.92 bits per heavy atom. The molecule has 2 N–H and O–H groups in total. The van der Waals surface area contributed by atoms with E-state index in [9.17, 15) is 4.79 Å². The number of ether oxygens (including phenoxy) is 1. The maximum atomic E-state index is 12.6. The fourth-order valence-corrected chi connectivity index (χ4v) is 3.22. The summed E-state index contributed by atoms with van der Waals surface area (Å²) < 4.78 is 5.56. The fourth-order valence-electron chi connectivity index (χ4n) is 3.03. The molecule has 0 bridgehead atoms. The number of amides is 1. The van der Waals surface area contributed by atoms with Crippen molar-refractivity contribution in [3.05, 3.63) is 52.7 Å². The highest BCUT2D eigenvalue weighted by Gasteiger charge is 2.19. The Balaban J connectivity index is 1.74. The number of carbonyl (C=O) groups is 1. The average molecular weight is 374 g/mol. The summed E-state index contributed by atoms with van der Waals surface area (Å²) in [4.78, 5) is 17.0. The molecule has 1 fully saturated rings. The summed E-state index contributed by atoms with van der Waals surface area (Å²) in [6.45, 7) is 5.45. The molecule has 0 aliphatic carbocycles. The van der Waals surface area contributed by atoms with Gasteiger partial charge in [0.15, 0.2) is 0 Å². The second-order valence-corrected chi connectivity index (χ2v) is 7.23. The third-order valence-electron chi connectivity index (χ3n) is 4.41. The summed E-state index contributed by atoms with van der Waals surface area (Å²) >= 11 is 6.02. The van der Waals surface area contributed by atoms with Gasteiger partial charge in [-0.25, -0.2) is 4.98 Å². The summed E-state index contributed by atoms with van der Waals surface area (Å²) in [5, 5.41) is 6.86. The highest BCUT2D eigenvalue weighted by Crippen LogP contribution is 2.25. The van der Waals surface area contributed by atoms with Crippen LogP contribution in [0.3, 0.4) is 0 Å². The molecule has 1 aliphatic heterocycles. The van der Waals surface area contributed by atoms with E-state index in [0.29, 0.717) is 22.9 Å². The lowest BCUT2D eigenvalue weighted by Gasteiger charge is -2.16. The zero-order valence-corrected chi connectivity index (χ0v) is 15.8. The lowest BCUT2D eigenvalue weighted by atomic mass is 9.98. The van der Waals surface area contributed by atoms with Crippen LogP contribution in [0, 0.1) is 0 Å². The second kappa shape index (κ2) is 8.52. The first-order valence-electron chi connectivity index (χ1n) is 8.95. The number of anilines is 2. The van der Waals surface area contributed by atoms with Gasteiger partial charge in [0.25, 0.3) is 5.91 Å². The molecule has 6 heteroatoms. The van der Waals surface area contributed by atoms with Gasteiger partial charge in [0.05, 0.1) is 11.7 Å². The van der Waals surface area contributed by atoms with E-state index in [-0.39, 0.29) is 17.9 Å². The number of aromatic nitrogens is 1. The molecule has 26 heavy (non-hydrogen) atoms. The van der Waals surface area contributed by atoms with Gasteiger partial charge in [-0.2, -0.15) is 0 Å². The average Bonchev–Trinajstić information content (AvgIpc) is 3.13. The molecule has 0 radical (unpaired) electrons. The molecule has 0 spiro atoms. The number of nitrogens with zero attached hydrogens (tertiary/aromatic N) is 1. The monoisotopic (exact) mass is 373 g/mol. The van der Waals surface area contributed by atoms with Crippen LogP contribution in [0.15, 0.2) is 36.5 Å². The van der Waals surface area contributed by atoms with Crippen molar-refractivity contribution in [2.75, 3.05) is 18.5 Å². The topological polar surface area (TPSA) is 63.2 Å². The van der Waals surface area contributed by atoms with Crippen molar-refractivity contribution in [3.63, 3.8) is 0 Å². The Hall–Kier alpha value is -2.11. The maximum absolute atomic E-state index is 12.6. The van der Waals surface area contributed by atoms with Crippen LogP contribution in [0.4, 0.5) is 11.5 Å². The smallest absolute Gasteiger partial charge is 0.253 e. The van der Waals surface area contributed by atoms with E-state index < -0.39 is 0 Å². The molecule has 1 saturated heterocycles. The maximum Gasteiger partial charge on any atom is 0.253 e. The van der Waals surface area contributed by atoms with Crippen LogP contribution < -0.4 is 10.6 Å². The molecule has 2 heterocycles. The molecule has 1 atom stereocenters. The van der Waals surface area contributed by atoms with Crippen molar-refractivity contribution in [2.24, 2.45) is 0 Å². The van der Waals surface area contributed by atoms with Crippen molar-refractivity contribution < 1.29 is 9.53 Å². The van der Waals surface area contributed by atoms with Crippen molar-refractivity contribution >= 4 is 29.0 Å². The molecule has 3 rings (SSSR count). The Bertz CT molecular complexity index is 773. The largest absolute Gasteiger partial charge is 0.376 e. The number of rotatable bonds is 6. The van der Waals surface area contributed by atoms with E-state index in [2.05, 4.69) is 29.5 Å². The minimum absolute atomic E-state index is 0.106. The van der Waals surface area contributed by atoms with Gasteiger partial charge in [-0.05, 0) is 48.6 Å². The van der Waals surface area contributed by atoms with Crippen molar-refractivity contribution in [3.8, 4) is 0 Å². The second-order valence-electron chi connectivity index (χ2n) is 6.79. The summed E-state index contributed by atoms with van der Waals surface area (Å²) in [5.41, 5.74) is 2.42. The number of pyridine rings is 1. The number of carbonyl (C=O) groups excluding carboxylic acids is 1. The molecule has 2 aromatic rings. The van der Waals surface area contributed by atoms with Crippen LogP contribution in [0.5, 0.6) is 0 Å². The predicted octanol–water partition coefficient (Wildman–Crippen LogP) is 4.51. The van der Waals surface area contributed by atoms with E-state index in [1.54, 1.807) is 6.20 Å². The molecule has 0 saturated carbocycles. The molecule has 138 valence electrons. The number of benzene rings is 1. The van der Waals surface area contributed by atoms with Crippen molar-refractivity contribution in [2.45, 2.75) is 38.7 Å². The molecule has 1 aromatic heterocycles. The van der Waals surface area contributed by atoms with Gasteiger partial charge in [-0.1, -0.05) is 31.5 Å². The van der Waals surface area contributed by atoms with Gasteiger partial charge < -0.3 is 15.4 Å². The first-order valence-corrected chi connectivity index (χ1v) is 9.33. The predicted molar refractivity (Wildman–Crippen MR) is 104 cm³/mol. The summed E-state index contributed by atoms with van der Waals surface area (Å²) in [7, 11) is 0. The molecule has 1 amide bonds. The zero-order valence-electron chi connectivity index (χ0n) is 15.1. The minimum atomic E-state index is -0.106. The summed E-state index contributed by atoms with van der Waals surface area (Å²) in [6.07, 6.45) is 3.81. The van der Waals surface area contributed by atoms with Gasteiger partial charge in [-0.3, -0.25) is 4.79 Å². The van der Waals surface area contributed by atoms with E-state index >= 15 is 0 Å². The normalized spacial score (nSPS) is 16.7. The van der Waals surface area contributed by atoms with E-state index in [4.69, 9.17) is 16.3 Å². The first-order chi connectivity index (χ1) is 12.5. The van der Waals surface area contributed by atoms with E-state index in [1.165, 1.54) is 0 Å². The quantitative estimate of drug-likeness (QED) is 0.781. The van der Waals surface area contributed by atoms with Gasteiger partial charge >= 0.3 is 0 Å². The number of hydrogen-bond donors (Lipinski definition) is 2. The third kappa shape index (κ3) is 4.74. The van der Waals surface area contributed by atoms with Crippen molar-refractivity contribution in [1.82, 2.24) is 10.3 Å². The standard InChI is InChI=1S/C20H24ClN3O2/c1-13(2)17-10-19(24-15-6-3-5-14(21)9-15)22-12-18(17)20(25)23-11-16-7-4-8-26-16/h3,5-6,9-10,12-13,16H,4,7-8,11H2,1-2H3,(H,22,24)(H,23,25). The minimum Gasteiger partial charge on any atom is -0.376 e. The van der Waals surface area contributed by atoms with Crippen LogP contribution in [-0.2, 0) is 4.74 Å². The number of halogens is 1. The van der Waals surface area contributed by atoms with Gasteiger partial charge in [0.2, 0.25) is 0 Å². The molecule has 5 nitrogen and oxygen atoms in total. The van der Waals surface area contributed by atoms with Crippen LogP contribution in [0.1, 0.15) is 48.5 Å². The van der Waals surface area contributed by atoms with Crippen molar-refractivity contribution in [1.29, 1.82) is 0 Å². The van der Waals surface area contributed by atoms with Gasteiger partial charge in [0.1, 0.15) is 5.82 Å².